The predicted octanol–water partition coefficient (Wildman–Crippen LogP) is 5.31. The lowest BCUT2D eigenvalue weighted by atomic mass is 9.98. The van der Waals surface area contributed by atoms with E-state index in [4.69, 9.17) is 15.2 Å². The Morgan fingerprint density at radius 2 is 1.55 bits per heavy atom. The molecule has 0 radical (unpaired) electrons. The van der Waals surface area contributed by atoms with Crippen LogP contribution in [0.3, 0.4) is 0 Å². The molecule has 3 atom stereocenters. The lowest BCUT2D eigenvalue weighted by molar-refractivity contribution is -0.140. The van der Waals surface area contributed by atoms with Gasteiger partial charge >= 0.3 is 12.2 Å². The highest BCUT2D eigenvalue weighted by Gasteiger charge is 2.43. The molecule has 1 aliphatic carbocycles. The Morgan fingerprint density at radius 3 is 2.21 bits per heavy atom. The van der Waals surface area contributed by atoms with Gasteiger partial charge in [0.2, 0.25) is 11.8 Å². The number of likely N-dealkylation sites (tertiary alicyclic amines) is 1. The van der Waals surface area contributed by atoms with Gasteiger partial charge in [0.25, 0.3) is 0 Å². The van der Waals surface area contributed by atoms with Crippen LogP contribution in [0.25, 0.3) is 11.1 Å². The van der Waals surface area contributed by atoms with Crippen LogP contribution in [-0.4, -0.2) is 70.8 Å². The summed E-state index contributed by atoms with van der Waals surface area (Å²) in [6.07, 6.45) is 1.04. The Bertz CT molecular complexity index is 1900. The van der Waals surface area contributed by atoms with Gasteiger partial charge in [0.05, 0.1) is 6.04 Å². The van der Waals surface area contributed by atoms with Crippen molar-refractivity contribution >= 4 is 29.8 Å². The number of hydrogen-bond donors (Lipinski definition) is 4. The number of benzene rings is 3. The number of nitrogens with one attached hydrogen (secondary N) is 3. The van der Waals surface area contributed by atoms with Gasteiger partial charge in [0.15, 0.2) is 0 Å². The topological polar surface area (TPSA) is 165 Å². The fourth-order valence-corrected chi connectivity index (χ4v) is 7.01. The van der Waals surface area contributed by atoms with E-state index in [1.165, 1.54) is 4.90 Å². The monoisotopic (exact) mass is 718 g/mol. The smallest absolute Gasteiger partial charge is 0.408 e. The summed E-state index contributed by atoms with van der Waals surface area (Å²) in [4.78, 5) is 59.9. The molecule has 0 saturated carbocycles. The maximum Gasteiger partial charge on any atom is 0.408 e. The number of hydrogen-bond acceptors (Lipinski definition) is 8. The van der Waals surface area contributed by atoms with Crippen molar-refractivity contribution < 1.29 is 28.7 Å². The Labute approximate surface area is 309 Å². The number of alkyl carbamates (subject to hydrolysis) is 2. The van der Waals surface area contributed by atoms with Crippen molar-refractivity contribution in [3.8, 4) is 11.1 Å². The molecule has 12 nitrogen and oxygen atoms in total. The average Bonchev–Trinajstić information content (AvgIpc) is 3.70. The molecule has 1 fully saturated rings. The predicted molar refractivity (Wildman–Crippen MR) is 201 cm³/mol. The minimum atomic E-state index is -1.01. The van der Waals surface area contributed by atoms with Crippen molar-refractivity contribution in [2.24, 2.45) is 0 Å². The number of pyridine rings is 1. The number of anilines is 1. The molecule has 0 spiro atoms. The number of aryl methyl sites for hydroxylation is 1. The van der Waals surface area contributed by atoms with Crippen molar-refractivity contribution in [1.29, 1.82) is 0 Å². The fraction of sp³-hybridized carbons (Fsp3) is 0.341. The Balaban J connectivity index is 1.17. The minimum absolute atomic E-state index is 0.0289. The molecule has 3 aromatic carbocycles. The van der Waals surface area contributed by atoms with Gasteiger partial charge in [-0.1, -0.05) is 78.9 Å². The Hall–Kier alpha value is -5.91. The van der Waals surface area contributed by atoms with E-state index in [1.54, 1.807) is 39.1 Å². The molecular weight excluding hydrogens is 672 g/mol. The molecule has 4 amide bonds. The van der Waals surface area contributed by atoms with Gasteiger partial charge in [-0.15, -0.1) is 0 Å². The molecular formula is C41H46N6O6. The summed E-state index contributed by atoms with van der Waals surface area (Å²) in [6.45, 7) is 5.53. The summed E-state index contributed by atoms with van der Waals surface area (Å²) in [6, 6.07) is 26.6. The zero-order valence-corrected chi connectivity index (χ0v) is 30.2. The fourth-order valence-electron chi connectivity index (χ4n) is 7.01. The third-order valence-corrected chi connectivity index (χ3v) is 9.42. The van der Waals surface area contributed by atoms with Crippen LogP contribution in [0.1, 0.15) is 61.8 Å². The van der Waals surface area contributed by atoms with Crippen molar-refractivity contribution in [1.82, 2.24) is 25.8 Å². The van der Waals surface area contributed by atoms with Gasteiger partial charge in [-0.3, -0.25) is 9.59 Å². The molecule has 1 saturated heterocycles. The van der Waals surface area contributed by atoms with E-state index in [-0.39, 0.29) is 38.5 Å². The summed E-state index contributed by atoms with van der Waals surface area (Å²) in [5.74, 6) is -0.683. The molecule has 2 heterocycles. The summed E-state index contributed by atoms with van der Waals surface area (Å²) < 4.78 is 11.3. The SMILES string of the molecule is CC(C)(C)OC(=O)N[C@H](CCc1ccccc1)C(=O)N1C[C@@H](NC(=O)OCC2c3ccccc3-c3ccccc32)C[C@H]1C(=O)NCc1ccnc(N)c1. The number of nitrogen functional groups attached to an aromatic ring is 1. The normalized spacial score (nSPS) is 16.9. The molecule has 1 aromatic heterocycles. The van der Waals surface area contributed by atoms with Gasteiger partial charge in [0, 0.05) is 25.2 Å². The number of nitrogens with zero attached hydrogens (tertiary/aromatic N) is 2. The van der Waals surface area contributed by atoms with E-state index >= 15 is 0 Å². The Morgan fingerprint density at radius 1 is 0.887 bits per heavy atom. The number of carbonyl (C=O) groups excluding carboxylic acids is 4. The van der Waals surface area contributed by atoms with Crippen LogP contribution in [-0.2, 0) is 32.0 Å². The van der Waals surface area contributed by atoms with E-state index < -0.39 is 47.7 Å². The van der Waals surface area contributed by atoms with E-state index in [2.05, 4.69) is 33.1 Å². The zero-order chi connectivity index (χ0) is 37.5. The largest absolute Gasteiger partial charge is 0.449 e. The van der Waals surface area contributed by atoms with Crippen LogP contribution in [0.4, 0.5) is 15.4 Å². The van der Waals surface area contributed by atoms with Crippen LogP contribution >= 0.6 is 0 Å². The molecule has 276 valence electrons. The first-order valence-electron chi connectivity index (χ1n) is 17.9. The van der Waals surface area contributed by atoms with E-state index in [0.29, 0.717) is 12.2 Å². The van der Waals surface area contributed by atoms with Crippen molar-refractivity contribution in [3.05, 3.63) is 119 Å². The molecule has 4 aromatic rings. The maximum atomic E-state index is 14.4. The van der Waals surface area contributed by atoms with E-state index in [9.17, 15) is 19.2 Å². The third-order valence-electron chi connectivity index (χ3n) is 9.42. The standard InChI is InChI=1S/C41H46N6O6/c1-41(2,3)53-40(51)46-34(18-17-26-11-5-4-6-12-26)38(49)47-24-28(22-35(47)37(48)44-23-27-19-20-43-36(42)21-27)45-39(50)52-25-33-31-15-9-7-13-29(31)30-14-8-10-16-32(30)33/h4-16,19-21,28,33-35H,17-18,22-25H2,1-3H3,(H2,42,43)(H,44,48)(H,45,50)(H,46,51)/t28-,34+,35-/m0/s1. The first-order valence-corrected chi connectivity index (χ1v) is 17.9. The number of amides is 4. The van der Waals surface area contributed by atoms with Gasteiger partial charge in [0.1, 0.15) is 30.1 Å². The highest BCUT2D eigenvalue weighted by atomic mass is 16.6. The van der Waals surface area contributed by atoms with Crippen LogP contribution in [0, 0.1) is 0 Å². The molecule has 2 aliphatic rings. The second kappa shape index (κ2) is 16.2. The number of nitrogens with two attached hydrogens (primary N) is 1. The average molecular weight is 719 g/mol. The summed E-state index contributed by atoms with van der Waals surface area (Å²) in [7, 11) is 0. The van der Waals surface area contributed by atoms with E-state index in [0.717, 1.165) is 33.4 Å². The molecule has 53 heavy (non-hydrogen) atoms. The highest BCUT2D eigenvalue weighted by Crippen LogP contribution is 2.44. The molecule has 1 aliphatic heterocycles. The van der Waals surface area contributed by atoms with Crippen LogP contribution in [0.15, 0.2) is 97.2 Å². The van der Waals surface area contributed by atoms with Crippen LogP contribution < -0.4 is 21.7 Å². The highest BCUT2D eigenvalue weighted by molar-refractivity contribution is 5.92. The first kappa shape index (κ1) is 36.9. The summed E-state index contributed by atoms with van der Waals surface area (Å²) in [5, 5.41) is 8.55. The summed E-state index contributed by atoms with van der Waals surface area (Å²) >= 11 is 0. The third kappa shape index (κ3) is 9.31. The van der Waals surface area contributed by atoms with Gasteiger partial charge < -0.3 is 36.1 Å². The maximum absolute atomic E-state index is 14.4. The lowest BCUT2D eigenvalue weighted by Crippen LogP contribution is -2.54. The second-order valence-corrected chi connectivity index (χ2v) is 14.4. The van der Waals surface area contributed by atoms with Crippen molar-refractivity contribution in [3.63, 3.8) is 0 Å². The number of fused-ring (bicyclic) bond motifs is 3. The second-order valence-electron chi connectivity index (χ2n) is 14.4. The Kier molecular flexibility index (Phi) is 11.3. The van der Waals surface area contributed by atoms with Crippen LogP contribution in [0.5, 0.6) is 0 Å². The number of rotatable bonds is 11. The number of aromatic nitrogens is 1. The van der Waals surface area contributed by atoms with E-state index in [1.807, 2.05) is 66.7 Å². The minimum Gasteiger partial charge on any atom is -0.449 e. The molecule has 12 heteroatoms. The zero-order valence-electron chi connectivity index (χ0n) is 30.2. The van der Waals surface area contributed by atoms with Gasteiger partial charge in [-0.2, -0.15) is 0 Å². The summed E-state index contributed by atoms with van der Waals surface area (Å²) in [5.41, 5.74) is 11.2. The van der Waals surface area contributed by atoms with Crippen molar-refractivity contribution in [2.75, 3.05) is 18.9 Å². The molecule has 5 N–H and O–H groups in total. The molecule has 0 bridgehead atoms. The van der Waals surface area contributed by atoms with Crippen LogP contribution in [0.2, 0.25) is 0 Å². The number of ether oxygens (including phenoxy) is 2. The van der Waals surface area contributed by atoms with Crippen molar-refractivity contribution in [2.45, 2.75) is 76.2 Å². The molecule has 6 rings (SSSR count). The first-order chi connectivity index (χ1) is 25.4. The number of carbonyl (C=O) groups is 4. The molecule has 0 unspecified atom stereocenters. The van der Waals surface area contributed by atoms with Gasteiger partial charge in [-0.05, 0) is 85.5 Å². The van der Waals surface area contributed by atoms with Gasteiger partial charge in [-0.25, -0.2) is 14.6 Å². The lowest BCUT2D eigenvalue weighted by Gasteiger charge is -2.29. The quantitative estimate of drug-likeness (QED) is 0.162.